The van der Waals surface area contributed by atoms with E-state index in [4.69, 9.17) is 11.2 Å². The second-order valence-corrected chi connectivity index (χ2v) is 5.33. The largest absolute Gasteiger partial charge is 0.388 e. The zero-order valence-electron chi connectivity index (χ0n) is 12.7. The Hall–Kier alpha value is -1.98. The topological polar surface area (TPSA) is 104 Å². The number of hydrogen-bond acceptors (Lipinski definition) is 6. The number of nitrogens with one attached hydrogen (secondary N) is 2. The lowest BCUT2D eigenvalue weighted by molar-refractivity contribution is -0.124. The third-order valence-corrected chi connectivity index (χ3v) is 3.61. The van der Waals surface area contributed by atoms with E-state index in [0.717, 1.165) is 5.69 Å². The fraction of sp³-hybridized carbons (Fsp3) is 0.500. The van der Waals surface area contributed by atoms with Crippen molar-refractivity contribution < 1.29 is 19.7 Å². The van der Waals surface area contributed by atoms with Crippen molar-refractivity contribution in [2.24, 2.45) is 0 Å². The van der Waals surface area contributed by atoms with Crippen LogP contribution in [0.25, 0.3) is 0 Å². The zero-order chi connectivity index (χ0) is 16.7. The van der Waals surface area contributed by atoms with E-state index >= 15 is 0 Å². The number of amides is 1. The lowest BCUT2D eigenvalue weighted by Crippen LogP contribution is -2.38. The lowest BCUT2D eigenvalue weighted by atomic mass is 10.1. The van der Waals surface area contributed by atoms with Gasteiger partial charge in [-0.15, -0.1) is 6.42 Å². The molecule has 0 aliphatic carbocycles. The summed E-state index contributed by atoms with van der Waals surface area (Å²) < 4.78 is 5.58. The molecule has 1 fully saturated rings. The number of aliphatic hydroxyl groups excluding tert-OH is 2. The van der Waals surface area contributed by atoms with E-state index in [-0.39, 0.29) is 18.9 Å². The number of nitrogens with zero attached hydrogens (tertiary/aromatic N) is 1. The van der Waals surface area contributed by atoms with Gasteiger partial charge >= 0.3 is 0 Å². The van der Waals surface area contributed by atoms with Crippen molar-refractivity contribution in [2.75, 3.05) is 13.1 Å². The summed E-state index contributed by atoms with van der Waals surface area (Å²) in [5, 5.41) is 25.6. The molecule has 23 heavy (non-hydrogen) atoms. The highest BCUT2D eigenvalue weighted by atomic mass is 16.5. The highest BCUT2D eigenvalue weighted by Gasteiger charge is 2.42. The Morgan fingerprint density at radius 2 is 2.13 bits per heavy atom. The molecule has 0 spiro atoms. The summed E-state index contributed by atoms with van der Waals surface area (Å²) in [7, 11) is 0. The van der Waals surface area contributed by atoms with E-state index < -0.39 is 24.4 Å². The number of aromatic nitrogens is 1. The molecule has 7 nitrogen and oxygen atoms in total. The second-order valence-electron chi connectivity index (χ2n) is 5.33. The predicted octanol–water partition coefficient (Wildman–Crippen LogP) is -1.20. The minimum Gasteiger partial charge on any atom is -0.388 e. The summed E-state index contributed by atoms with van der Waals surface area (Å²) in [6, 6.07) is 5.60. The van der Waals surface area contributed by atoms with Crippen molar-refractivity contribution in [1.29, 1.82) is 0 Å². The average molecular weight is 319 g/mol. The molecule has 124 valence electrons. The molecule has 0 saturated carbocycles. The number of terminal acetylenes is 1. The quantitative estimate of drug-likeness (QED) is 0.471. The van der Waals surface area contributed by atoms with Crippen molar-refractivity contribution >= 4 is 5.91 Å². The van der Waals surface area contributed by atoms with E-state index in [9.17, 15) is 15.0 Å². The number of aliphatic hydroxyl groups is 2. The maximum atomic E-state index is 11.6. The van der Waals surface area contributed by atoms with Gasteiger partial charge < -0.3 is 25.6 Å². The molecule has 2 heterocycles. The molecule has 0 unspecified atom stereocenters. The average Bonchev–Trinajstić information content (AvgIpc) is 2.82. The molecule has 1 aromatic rings. The van der Waals surface area contributed by atoms with Gasteiger partial charge in [-0.3, -0.25) is 9.78 Å². The molecule has 1 saturated heterocycles. The predicted molar refractivity (Wildman–Crippen MR) is 83.1 cm³/mol. The van der Waals surface area contributed by atoms with E-state index in [0.29, 0.717) is 13.1 Å². The summed E-state index contributed by atoms with van der Waals surface area (Å²) in [6.07, 6.45) is 3.24. The van der Waals surface area contributed by atoms with E-state index in [1.54, 1.807) is 6.20 Å². The highest BCUT2D eigenvalue weighted by molar-refractivity contribution is 5.76. The molecule has 4 atom stereocenters. The molecule has 7 heteroatoms. The Kier molecular flexibility index (Phi) is 6.50. The van der Waals surface area contributed by atoms with Gasteiger partial charge in [0.15, 0.2) is 0 Å². The number of ether oxygens (including phenoxy) is 1. The Labute approximate surface area is 135 Å². The fourth-order valence-corrected chi connectivity index (χ4v) is 2.41. The first-order valence-electron chi connectivity index (χ1n) is 7.44. The maximum Gasteiger partial charge on any atom is 0.223 e. The zero-order valence-corrected chi connectivity index (χ0v) is 12.7. The third kappa shape index (κ3) is 5.01. The van der Waals surface area contributed by atoms with Crippen molar-refractivity contribution in [1.82, 2.24) is 15.6 Å². The van der Waals surface area contributed by atoms with Gasteiger partial charge in [0.25, 0.3) is 0 Å². The first kappa shape index (κ1) is 17.4. The SMILES string of the molecule is C#CCNC(=O)C[C@@H]1O[C@H](CNCc2ccccn2)[C@@H](O)[C@H]1O. The van der Waals surface area contributed by atoms with E-state index in [1.165, 1.54) is 0 Å². The molecule has 1 aromatic heterocycles. The minimum atomic E-state index is -1.10. The Morgan fingerprint density at radius 1 is 1.35 bits per heavy atom. The van der Waals surface area contributed by atoms with Gasteiger partial charge in [0.2, 0.25) is 5.91 Å². The number of carbonyl (C=O) groups excluding carboxylic acids is 1. The van der Waals surface area contributed by atoms with Crippen LogP contribution in [0.4, 0.5) is 0 Å². The molecule has 1 amide bonds. The number of pyridine rings is 1. The Balaban J connectivity index is 1.77. The van der Waals surface area contributed by atoms with Gasteiger partial charge in [-0.1, -0.05) is 12.0 Å². The van der Waals surface area contributed by atoms with Crippen molar-refractivity contribution in [3.63, 3.8) is 0 Å². The molecular formula is C16H21N3O4. The summed E-state index contributed by atoms with van der Waals surface area (Å²) in [5.41, 5.74) is 0.866. The van der Waals surface area contributed by atoms with Crippen molar-refractivity contribution in [3.8, 4) is 12.3 Å². The standard InChI is InChI=1S/C16H21N3O4/c1-2-6-19-14(20)8-12-15(21)16(22)13(23-12)10-17-9-11-5-3-4-7-18-11/h1,3-5,7,12-13,15-17,21-22H,6,8-10H2,(H,19,20)/t12-,13+,15-,16+/m0/s1. The third-order valence-electron chi connectivity index (χ3n) is 3.61. The van der Waals surface area contributed by atoms with Gasteiger partial charge in [0.1, 0.15) is 12.2 Å². The Morgan fingerprint density at radius 3 is 2.83 bits per heavy atom. The van der Waals surface area contributed by atoms with Crippen LogP contribution in [-0.4, -0.2) is 58.6 Å². The van der Waals surface area contributed by atoms with Crippen LogP contribution in [0.3, 0.4) is 0 Å². The van der Waals surface area contributed by atoms with E-state index in [2.05, 4.69) is 21.5 Å². The molecule has 0 aromatic carbocycles. The number of carbonyl (C=O) groups is 1. The molecule has 4 N–H and O–H groups in total. The fourth-order valence-electron chi connectivity index (χ4n) is 2.41. The summed E-state index contributed by atoms with van der Waals surface area (Å²) in [4.78, 5) is 15.8. The van der Waals surface area contributed by atoms with Crippen LogP contribution >= 0.6 is 0 Å². The minimum absolute atomic E-state index is 0.0450. The van der Waals surface area contributed by atoms with Crippen LogP contribution in [-0.2, 0) is 16.1 Å². The van der Waals surface area contributed by atoms with Crippen LogP contribution in [0.2, 0.25) is 0 Å². The summed E-state index contributed by atoms with van der Waals surface area (Å²) in [6.45, 7) is 0.993. The molecule has 0 bridgehead atoms. The first-order valence-corrected chi connectivity index (χ1v) is 7.44. The van der Waals surface area contributed by atoms with Crippen LogP contribution < -0.4 is 10.6 Å². The number of hydrogen-bond donors (Lipinski definition) is 4. The van der Waals surface area contributed by atoms with Crippen LogP contribution in [0, 0.1) is 12.3 Å². The monoisotopic (exact) mass is 319 g/mol. The van der Waals surface area contributed by atoms with Gasteiger partial charge in [0, 0.05) is 19.3 Å². The molecular weight excluding hydrogens is 298 g/mol. The lowest BCUT2D eigenvalue weighted by Gasteiger charge is -2.15. The molecule has 0 radical (unpaired) electrons. The normalized spacial score (nSPS) is 26.7. The van der Waals surface area contributed by atoms with Gasteiger partial charge in [-0.25, -0.2) is 0 Å². The molecule has 1 aliphatic rings. The Bertz CT molecular complexity index is 546. The highest BCUT2D eigenvalue weighted by Crippen LogP contribution is 2.23. The van der Waals surface area contributed by atoms with Crippen molar-refractivity contribution in [2.45, 2.75) is 37.4 Å². The van der Waals surface area contributed by atoms with Gasteiger partial charge in [0.05, 0.1) is 30.9 Å². The summed E-state index contributed by atoms with van der Waals surface area (Å²) in [5.74, 6) is 1.98. The van der Waals surface area contributed by atoms with Crippen LogP contribution in [0.5, 0.6) is 0 Å². The molecule has 1 aliphatic heterocycles. The number of rotatable bonds is 7. The smallest absolute Gasteiger partial charge is 0.223 e. The van der Waals surface area contributed by atoms with Crippen LogP contribution in [0.15, 0.2) is 24.4 Å². The van der Waals surface area contributed by atoms with Crippen molar-refractivity contribution in [3.05, 3.63) is 30.1 Å². The molecule has 2 rings (SSSR count). The maximum absolute atomic E-state index is 11.6. The van der Waals surface area contributed by atoms with Gasteiger partial charge in [-0.2, -0.15) is 0 Å². The second kappa shape index (κ2) is 8.60. The van der Waals surface area contributed by atoms with Crippen LogP contribution in [0.1, 0.15) is 12.1 Å². The van der Waals surface area contributed by atoms with Gasteiger partial charge in [-0.05, 0) is 12.1 Å². The van der Waals surface area contributed by atoms with E-state index in [1.807, 2.05) is 18.2 Å². The summed E-state index contributed by atoms with van der Waals surface area (Å²) >= 11 is 0. The first-order chi connectivity index (χ1) is 11.1.